The number of aromatic amines is 1. The molecule has 4 N–H and O–H groups in total. The molecule has 1 aromatic carbocycles. The van der Waals surface area contributed by atoms with E-state index in [0.29, 0.717) is 35.5 Å². The highest BCUT2D eigenvalue weighted by molar-refractivity contribution is 7.09. The van der Waals surface area contributed by atoms with Crippen LogP contribution in [0.1, 0.15) is 41.1 Å². The van der Waals surface area contributed by atoms with Gasteiger partial charge in [-0.15, -0.1) is 11.3 Å². The molecule has 0 bridgehead atoms. The minimum Gasteiger partial charge on any atom is -0.324 e. The van der Waals surface area contributed by atoms with Crippen LogP contribution in [0.5, 0.6) is 0 Å². The summed E-state index contributed by atoms with van der Waals surface area (Å²) >= 11 is 1.50. The van der Waals surface area contributed by atoms with Gasteiger partial charge < -0.3 is 11.1 Å². The number of hydrogen-bond acceptors (Lipinski definition) is 6. The summed E-state index contributed by atoms with van der Waals surface area (Å²) in [6.07, 6.45) is 0. The average Bonchev–Trinajstić information content (AvgIpc) is 3.25. The maximum absolute atomic E-state index is 12.2. The molecule has 0 spiro atoms. The van der Waals surface area contributed by atoms with Gasteiger partial charge in [-0.25, -0.2) is 9.97 Å². The Morgan fingerprint density at radius 2 is 2.04 bits per heavy atom. The molecule has 0 aliphatic carbocycles. The lowest BCUT2D eigenvalue weighted by Gasteiger charge is -2.04. The zero-order valence-electron chi connectivity index (χ0n) is 13.4. The van der Waals surface area contributed by atoms with Crippen LogP contribution in [0.3, 0.4) is 0 Å². The summed E-state index contributed by atoms with van der Waals surface area (Å²) in [5.41, 5.74) is 7.49. The molecule has 0 saturated carbocycles. The van der Waals surface area contributed by atoms with Gasteiger partial charge in [0.25, 0.3) is 5.91 Å². The van der Waals surface area contributed by atoms with Crippen LogP contribution in [-0.2, 0) is 6.54 Å². The summed E-state index contributed by atoms with van der Waals surface area (Å²) in [5.74, 6) is 1.31. The summed E-state index contributed by atoms with van der Waals surface area (Å²) in [6, 6.07) is 7.31. The summed E-state index contributed by atoms with van der Waals surface area (Å²) in [4.78, 5) is 20.9. The molecule has 1 amide bonds. The quantitative estimate of drug-likeness (QED) is 0.660. The Labute approximate surface area is 143 Å². The Hall–Kier alpha value is -2.58. The second-order valence-electron chi connectivity index (χ2n) is 5.57. The van der Waals surface area contributed by atoms with Crippen LogP contribution in [0.2, 0.25) is 0 Å². The summed E-state index contributed by atoms with van der Waals surface area (Å²) < 4.78 is 0. The fourth-order valence-electron chi connectivity index (χ4n) is 2.07. The van der Waals surface area contributed by atoms with Crippen molar-refractivity contribution in [3.05, 3.63) is 46.2 Å². The van der Waals surface area contributed by atoms with E-state index in [1.165, 1.54) is 11.3 Å². The Balaban J connectivity index is 1.70. The van der Waals surface area contributed by atoms with E-state index in [1.54, 1.807) is 17.5 Å². The van der Waals surface area contributed by atoms with E-state index >= 15 is 0 Å². The molecule has 24 heavy (non-hydrogen) atoms. The third kappa shape index (κ3) is 3.50. The zero-order valence-corrected chi connectivity index (χ0v) is 14.2. The number of H-pyrrole nitrogens is 1. The molecule has 124 valence electrons. The Morgan fingerprint density at radius 1 is 1.29 bits per heavy atom. The molecule has 0 aliphatic rings. The SMILES string of the molecule is CC(C)c1nc(C(=O)Nc2ccc(-c3n[nH]c(CN)n3)cc2)cs1. The predicted molar refractivity (Wildman–Crippen MR) is 93.9 cm³/mol. The number of thiazole rings is 1. The van der Waals surface area contributed by atoms with Crippen LogP contribution in [0.25, 0.3) is 11.4 Å². The van der Waals surface area contributed by atoms with Gasteiger partial charge in [-0.05, 0) is 24.3 Å². The van der Waals surface area contributed by atoms with E-state index in [2.05, 4.69) is 39.3 Å². The van der Waals surface area contributed by atoms with Gasteiger partial charge in [0.2, 0.25) is 0 Å². The van der Waals surface area contributed by atoms with Crippen molar-refractivity contribution in [1.29, 1.82) is 0 Å². The molecule has 2 heterocycles. The van der Waals surface area contributed by atoms with Gasteiger partial charge in [0.1, 0.15) is 11.5 Å². The van der Waals surface area contributed by atoms with E-state index in [-0.39, 0.29) is 5.91 Å². The molecular weight excluding hydrogens is 324 g/mol. The van der Waals surface area contributed by atoms with Gasteiger partial charge in [0, 0.05) is 22.5 Å². The fourth-order valence-corrected chi connectivity index (χ4v) is 2.89. The monoisotopic (exact) mass is 342 g/mol. The highest BCUT2D eigenvalue weighted by atomic mass is 32.1. The topological polar surface area (TPSA) is 110 Å². The van der Waals surface area contributed by atoms with Crippen LogP contribution in [0.4, 0.5) is 5.69 Å². The van der Waals surface area contributed by atoms with Gasteiger partial charge in [-0.2, -0.15) is 5.10 Å². The largest absolute Gasteiger partial charge is 0.324 e. The third-order valence-corrected chi connectivity index (χ3v) is 4.52. The van der Waals surface area contributed by atoms with Crippen molar-refractivity contribution in [3.63, 3.8) is 0 Å². The maximum Gasteiger partial charge on any atom is 0.275 e. The molecule has 0 unspecified atom stereocenters. The lowest BCUT2D eigenvalue weighted by atomic mass is 10.2. The molecule has 0 fully saturated rings. The number of carbonyl (C=O) groups excluding carboxylic acids is 1. The summed E-state index contributed by atoms with van der Waals surface area (Å²) in [6.45, 7) is 4.42. The van der Waals surface area contributed by atoms with Crippen LogP contribution < -0.4 is 11.1 Å². The van der Waals surface area contributed by atoms with Crippen molar-refractivity contribution in [2.45, 2.75) is 26.3 Å². The van der Waals surface area contributed by atoms with Gasteiger partial charge >= 0.3 is 0 Å². The number of nitrogens with zero attached hydrogens (tertiary/aromatic N) is 3. The van der Waals surface area contributed by atoms with Crippen molar-refractivity contribution >= 4 is 22.9 Å². The van der Waals surface area contributed by atoms with Gasteiger partial charge in [0.05, 0.1) is 11.6 Å². The fraction of sp³-hybridized carbons (Fsp3) is 0.250. The molecule has 0 aliphatic heterocycles. The Morgan fingerprint density at radius 3 is 2.62 bits per heavy atom. The molecule has 7 nitrogen and oxygen atoms in total. The molecule has 0 saturated heterocycles. The van der Waals surface area contributed by atoms with Crippen LogP contribution in [-0.4, -0.2) is 26.1 Å². The first-order chi connectivity index (χ1) is 11.6. The molecule has 0 atom stereocenters. The molecular formula is C16H18N6OS. The number of aromatic nitrogens is 4. The second-order valence-corrected chi connectivity index (χ2v) is 6.46. The summed E-state index contributed by atoms with van der Waals surface area (Å²) in [5, 5.41) is 12.4. The van der Waals surface area contributed by atoms with E-state index in [0.717, 1.165) is 10.6 Å². The molecule has 3 rings (SSSR count). The van der Waals surface area contributed by atoms with Crippen molar-refractivity contribution in [3.8, 4) is 11.4 Å². The molecule has 0 radical (unpaired) electrons. The molecule has 2 aromatic heterocycles. The zero-order chi connectivity index (χ0) is 17.1. The van der Waals surface area contributed by atoms with E-state index in [9.17, 15) is 4.79 Å². The number of amides is 1. The van der Waals surface area contributed by atoms with Crippen LogP contribution >= 0.6 is 11.3 Å². The highest BCUT2D eigenvalue weighted by Gasteiger charge is 2.13. The first-order valence-corrected chi connectivity index (χ1v) is 8.43. The van der Waals surface area contributed by atoms with Crippen LogP contribution in [0.15, 0.2) is 29.6 Å². The van der Waals surface area contributed by atoms with Crippen molar-refractivity contribution in [2.75, 3.05) is 5.32 Å². The van der Waals surface area contributed by atoms with E-state index in [1.807, 2.05) is 12.1 Å². The second kappa shape index (κ2) is 6.90. The standard InChI is InChI=1S/C16H18N6OS/c1-9(2)16-19-12(8-24-16)15(23)18-11-5-3-10(4-6-11)14-20-13(7-17)21-22-14/h3-6,8-9H,7,17H2,1-2H3,(H,18,23)(H,20,21,22). The normalized spacial score (nSPS) is 11.0. The Kier molecular flexibility index (Phi) is 4.68. The van der Waals surface area contributed by atoms with Crippen molar-refractivity contribution in [1.82, 2.24) is 20.2 Å². The lowest BCUT2D eigenvalue weighted by molar-refractivity contribution is 0.102. The smallest absolute Gasteiger partial charge is 0.275 e. The van der Waals surface area contributed by atoms with Crippen molar-refractivity contribution < 1.29 is 4.79 Å². The predicted octanol–water partition coefficient (Wildman–Crippen LogP) is 2.76. The number of hydrogen-bond donors (Lipinski definition) is 3. The first-order valence-electron chi connectivity index (χ1n) is 7.55. The number of anilines is 1. The minimum absolute atomic E-state index is 0.214. The third-order valence-electron chi connectivity index (χ3n) is 3.37. The van der Waals surface area contributed by atoms with Gasteiger partial charge in [-0.1, -0.05) is 13.8 Å². The molecule has 8 heteroatoms. The van der Waals surface area contributed by atoms with E-state index in [4.69, 9.17) is 5.73 Å². The lowest BCUT2D eigenvalue weighted by Crippen LogP contribution is -2.12. The number of benzene rings is 1. The number of nitrogens with two attached hydrogens (primary N) is 1. The van der Waals surface area contributed by atoms with Crippen LogP contribution in [0, 0.1) is 0 Å². The number of rotatable bonds is 5. The average molecular weight is 342 g/mol. The van der Waals surface area contributed by atoms with Gasteiger partial charge in [0.15, 0.2) is 5.82 Å². The van der Waals surface area contributed by atoms with E-state index < -0.39 is 0 Å². The molecule has 3 aromatic rings. The van der Waals surface area contributed by atoms with Gasteiger partial charge in [-0.3, -0.25) is 9.89 Å². The minimum atomic E-state index is -0.214. The summed E-state index contributed by atoms with van der Waals surface area (Å²) in [7, 11) is 0. The maximum atomic E-state index is 12.2. The Bertz CT molecular complexity index is 836. The first kappa shape index (κ1) is 16.3. The van der Waals surface area contributed by atoms with Crippen molar-refractivity contribution in [2.24, 2.45) is 5.73 Å². The number of carbonyl (C=O) groups is 1. The highest BCUT2D eigenvalue weighted by Crippen LogP contribution is 2.21. The number of nitrogens with one attached hydrogen (secondary N) is 2.